The summed E-state index contributed by atoms with van der Waals surface area (Å²) in [5.74, 6) is 0.553. The third-order valence-corrected chi connectivity index (χ3v) is 4.50. The van der Waals surface area contributed by atoms with Crippen molar-refractivity contribution < 1.29 is 12.8 Å². The first-order valence-corrected chi connectivity index (χ1v) is 8.95. The van der Waals surface area contributed by atoms with Crippen molar-refractivity contribution in [2.75, 3.05) is 5.32 Å². The molecule has 0 saturated heterocycles. The zero-order valence-corrected chi connectivity index (χ0v) is 14.5. The highest BCUT2D eigenvalue weighted by atomic mass is 32.2. The fraction of sp³-hybridized carbons (Fsp3) is 0.267. The summed E-state index contributed by atoms with van der Waals surface area (Å²) in [6.45, 7) is 4.07. The third-order valence-electron chi connectivity index (χ3n) is 2.86. The van der Waals surface area contributed by atoms with Gasteiger partial charge in [-0.05, 0) is 62.5 Å². The van der Waals surface area contributed by atoms with Crippen molar-refractivity contribution in [3.8, 4) is 0 Å². The number of thiocarbonyl (C=S) groups is 1. The number of rotatable bonds is 6. The minimum absolute atomic E-state index is 0.109. The van der Waals surface area contributed by atoms with Crippen LogP contribution < -0.4 is 15.4 Å². The van der Waals surface area contributed by atoms with E-state index in [2.05, 4.69) is 15.4 Å². The Morgan fingerprint density at radius 2 is 1.91 bits per heavy atom. The van der Waals surface area contributed by atoms with E-state index < -0.39 is 10.0 Å². The van der Waals surface area contributed by atoms with Crippen LogP contribution in [0.1, 0.15) is 19.6 Å². The second-order valence-electron chi connectivity index (χ2n) is 5.18. The topological polar surface area (TPSA) is 83.4 Å². The quantitative estimate of drug-likeness (QED) is 0.692. The van der Waals surface area contributed by atoms with E-state index in [9.17, 15) is 8.42 Å². The molecule has 0 atom stereocenters. The van der Waals surface area contributed by atoms with Crippen molar-refractivity contribution >= 4 is 33.0 Å². The first-order chi connectivity index (χ1) is 10.9. The van der Waals surface area contributed by atoms with E-state index in [0.717, 1.165) is 0 Å². The lowest BCUT2D eigenvalue weighted by Crippen LogP contribution is -2.33. The lowest BCUT2D eigenvalue weighted by molar-refractivity contribution is 0.498. The summed E-state index contributed by atoms with van der Waals surface area (Å²) in [7, 11) is -3.59. The number of furan rings is 1. The van der Waals surface area contributed by atoms with Crippen LogP contribution in [0.4, 0.5) is 5.69 Å². The molecule has 124 valence electrons. The molecule has 0 aliphatic heterocycles. The normalized spacial score (nSPS) is 11.4. The first-order valence-electron chi connectivity index (χ1n) is 7.06. The Morgan fingerprint density at radius 3 is 2.48 bits per heavy atom. The molecule has 2 aromatic rings. The van der Waals surface area contributed by atoms with Crippen molar-refractivity contribution in [1.29, 1.82) is 0 Å². The van der Waals surface area contributed by atoms with Gasteiger partial charge in [0.25, 0.3) is 0 Å². The van der Waals surface area contributed by atoms with E-state index in [-0.39, 0.29) is 17.5 Å². The summed E-state index contributed by atoms with van der Waals surface area (Å²) in [6, 6.07) is 10.00. The summed E-state index contributed by atoms with van der Waals surface area (Å²) < 4.78 is 32.0. The van der Waals surface area contributed by atoms with E-state index in [1.807, 2.05) is 13.8 Å². The largest absolute Gasteiger partial charge is 0.468 e. The fourth-order valence-corrected chi connectivity index (χ4v) is 3.16. The highest BCUT2D eigenvalue weighted by Gasteiger charge is 2.14. The molecule has 1 aromatic carbocycles. The van der Waals surface area contributed by atoms with Crippen molar-refractivity contribution in [3.63, 3.8) is 0 Å². The Kier molecular flexibility index (Phi) is 5.75. The molecule has 0 aliphatic rings. The second kappa shape index (κ2) is 7.58. The van der Waals surface area contributed by atoms with Gasteiger partial charge >= 0.3 is 0 Å². The van der Waals surface area contributed by atoms with E-state index in [1.54, 1.807) is 24.3 Å². The number of sulfonamides is 1. The Labute approximate surface area is 141 Å². The van der Waals surface area contributed by atoms with Crippen LogP contribution in [0, 0.1) is 0 Å². The van der Waals surface area contributed by atoms with Crippen molar-refractivity contribution in [1.82, 2.24) is 10.0 Å². The van der Waals surface area contributed by atoms with Gasteiger partial charge in [0.15, 0.2) is 5.11 Å². The van der Waals surface area contributed by atoms with Gasteiger partial charge < -0.3 is 15.1 Å². The van der Waals surface area contributed by atoms with Crippen LogP contribution in [-0.4, -0.2) is 19.6 Å². The van der Waals surface area contributed by atoms with Crippen molar-refractivity contribution in [3.05, 3.63) is 48.4 Å². The molecular formula is C15H19N3O3S2. The molecule has 1 heterocycles. The Hall–Kier alpha value is -1.90. The summed E-state index contributed by atoms with van der Waals surface area (Å²) >= 11 is 5.14. The van der Waals surface area contributed by atoms with E-state index in [4.69, 9.17) is 16.6 Å². The lowest BCUT2D eigenvalue weighted by Gasteiger charge is -2.13. The first kappa shape index (κ1) is 17.5. The molecule has 0 spiro atoms. The number of hydrogen-bond donors (Lipinski definition) is 3. The lowest BCUT2D eigenvalue weighted by atomic mass is 10.3. The molecule has 1 aromatic heterocycles. The molecule has 0 amide bonds. The number of nitrogens with one attached hydrogen (secondary N) is 3. The van der Waals surface area contributed by atoms with Gasteiger partial charge in [-0.15, -0.1) is 0 Å². The van der Waals surface area contributed by atoms with E-state index in [1.165, 1.54) is 18.4 Å². The molecule has 0 aliphatic carbocycles. The maximum absolute atomic E-state index is 12.2. The summed E-state index contributed by atoms with van der Waals surface area (Å²) in [6.07, 6.45) is 1.50. The van der Waals surface area contributed by atoms with E-state index >= 15 is 0 Å². The molecule has 0 bridgehead atoms. The smallest absolute Gasteiger partial charge is 0.240 e. The van der Waals surface area contributed by atoms with Crippen LogP contribution in [0.3, 0.4) is 0 Å². The highest BCUT2D eigenvalue weighted by molar-refractivity contribution is 7.89. The standard InChI is InChI=1S/C15H19N3O3S2/c1-11(2)17-15(22)18-12-5-7-14(8-6-12)23(19,20)16-10-13-4-3-9-21-13/h3-9,11,16H,10H2,1-2H3,(H2,17,18,22). The van der Waals surface area contributed by atoms with Gasteiger partial charge in [-0.2, -0.15) is 0 Å². The minimum atomic E-state index is -3.59. The average molecular weight is 353 g/mol. The highest BCUT2D eigenvalue weighted by Crippen LogP contribution is 2.14. The predicted octanol–water partition coefficient (Wildman–Crippen LogP) is 2.45. The van der Waals surface area contributed by atoms with Crippen molar-refractivity contribution in [2.45, 2.75) is 31.3 Å². The van der Waals surface area contributed by atoms with E-state index in [0.29, 0.717) is 16.6 Å². The van der Waals surface area contributed by atoms with Crippen LogP contribution in [0.2, 0.25) is 0 Å². The zero-order chi connectivity index (χ0) is 16.9. The summed E-state index contributed by atoms with van der Waals surface area (Å²) in [4.78, 5) is 0.178. The molecule has 6 nitrogen and oxygen atoms in total. The second-order valence-corrected chi connectivity index (χ2v) is 7.36. The minimum Gasteiger partial charge on any atom is -0.468 e. The van der Waals surface area contributed by atoms with Gasteiger partial charge in [0.05, 0.1) is 17.7 Å². The summed E-state index contributed by atoms with van der Waals surface area (Å²) in [5.41, 5.74) is 0.716. The van der Waals surface area contributed by atoms with Crippen LogP contribution >= 0.6 is 12.2 Å². The molecular weight excluding hydrogens is 334 g/mol. The average Bonchev–Trinajstić information content (AvgIpc) is 2.98. The van der Waals surface area contributed by atoms with Crippen LogP contribution in [0.5, 0.6) is 0 Å². The molecule has 23 heavy (non-hydrogen) atoms. The van der Waals surface area contributed by atoms with Crippen LogP contribution in [-0.2, 0) is 16.6 Å². The molecule has 3 N–H and O–H groups in total. The third kappa shape index (κ3) is 5.34. The summed E-state index contributed by atoms with van der Waals surface area (Å²) in [5, 5.41) is 6.54. The number of hydrogen-bond acceptors (Lipinski definition) is 4. The van der Waals surface area contributed by atoms with Gasteiger partial charge in [0.1, 0.15) is 5.76 Å². The molecule has 0 saturated carbocycles. The maximum atomic E-state index is 12.2. The zero-order valence-electron chi connectivity index (χ0n) is 12.9. The molecule has 2 rings (SSSR count). The molecule has 0 fully saturated rings. The maximum Gasteiger partial charge on any atom is 0.240 e. The molecule has 0 unspecified atom stereocenters. The Bertz CT molecular complexity index is 739. The molecule has 8 heteroatoms. The number of benzene rings is 1. The van der Waals surface area contributed by atoms with Crippen molar-refractivity contribution in [2.24, 2.45) is 0 Å². The van der Waals surface area contributed by atoms with Gasteiger partial charge in [-0.25, -0.2) is 13.1 Å². The van der Waals surface area contributed by atoms with Crippen LogP contribution in [0.15, 0.2) is 52.0 Å². The van der Waals surface area contributed by atoms with Gasteiger partial charge in [0, 0.05) is 11.7 Å². The predicted molar refractivity (Wildman–Crippen MR) is 93.7 cm³/mol. The van der Waals surface area contributed by atoms with Gasteiger partial charge in [0.2, 0.25) is 10.0 Å². The monoisotopic (exact) mass is 353 g/mol. The van der Waals surface area contributed by atoms with Crippen LogP contribution in [0.25, 0.3) is 0 Å². The SMILES string of the molecule is CC(C)NC(=S)Nc1ccc(S(=O)(=O)NCc2ccco2)cc1. The Balaban J connectivity index is 1.99. The fourth-order valence-electron chi connectivity index (χ4n) is 1.81. The number of anilines is 1. The van der Waals surface area contributed by atoms with Gasteiger partial charge in [-0.1, -0.05) is 0 Å². The Morgan fingerprint density at radius 1 is 1.22 bits per heavy atom. The molecule has 0 radical (unpaired) electrons. The van der Waals surface area contributed by atoms with Gasteiger partial charge in [-0.3, -0.25) is 0 Å².